The summed E-state index contributed by atoms with van der Waals surface area (Å²) in [5.74, 6) is 0.0575. The number of halogens is 2. The molecule has 2 aromatic rings. The average Bonchev–Trinajstić information content (AvgIpc) is 2.28. The Bertz CT molecular complexity index is 610. The average molecular weight is 332 g/mol. The zero-order valence-corrected chi connectivity index (χ0v) is 10.9. The third kappa shape index (κ3) is 2.90. The molecule has 2 aromatic heterocycles. The highest BCUT2D eigenvalue weighted by Gasteiger charge is 2.19. The van der Waals surface area contributed by atoms with E-state index in [-0.39, 0.29) is 16.9 Å². The molecule has 0 spiro atoms. The lowest BCUT2D eigenvalue weighted by atomic mass is 10.4. The molecule has 0 aliphatic heterocycles. The maximum absolute atomic E-state index is 10.8. The van der Waals surface area contributed by atoms with Crippen LogP contribution in [0.5, 0.6) is 11.6 Å². The first-order valence-corrected chi connectivity index (χ1v) is 5.68. The first-order valence-electron chi connectivity index (χ1n) is 4.51. The fourth-order valence-corrected chi connectivity index (χ4v) is 1.57. The van der Waals surface area contributed by atoms with Crippen LogP contribution in [0.4, 0.5) is 5.69 Å². The molecular formula is C9H4BrClN4O3. The summed E-state index contributed by atoms with van der Waals surface area (Å²) in [4.78, 5) is 21.2. The standard InChI is InChI=1S/C9H4BrClN4O3/c10-5-1-6(3-12-2-5)18-8-7(15(16)17)4-13-9(11)14-8/h1-4H. The van der Waals surface area contributed by atoms with E-state index in [1.54, 1.807) is 12.3 Å². The number of hydrogen-bond acceptors (Lipinski definition) is 6. The predicted molar refractivity (Wildman–Crippen MR) is 65.7 cm³/mol. The molecule has 0 N–H and O–H groups in total. The largest absolute Gasteiger partial charge is 0.432 e. The predicted octanol–water partition coefficient (Wildman–Crippen LogP) is 2.99. The van der Waals surface area contributed by atoms with E-state index in [1.165, 1.54) is 6.20 Å². The second kappa shape index (κ2) is 5.23. The molecule has 0 aromatic carbocycles. The zero-order chi connectivity index (χ0) is 13.1. The van der Waals surface area contributed by atoms with Crippen molar-refractivity contribution in [2.24, 2.45) is 0 Å². The van der Waals surface area contributed by atoms with Crippen LogP contribution in [-0.2, 0) is 0 Å². The van der Waals surface area contributed by atoms with Crippen LogP contribution in [0.3, 0.4) is 0 Å². The number of ether oxygens (including phenoxy) is 1. The lowest BCUT2D eigenvalue weighted by Crippen LogP contribution is -1.98. The molecule has 9 heteroatoms. The molecule has 0 aliphatic rings. The van der Waals surface area contributed by atoms with Gasteiger partial charge in [-0.2, -0.15) is 4.98 Å². The van der Waals surface area contributed by atoms with Crippen molar-refractivity contribution in [3.05, 3.63) is 44.5 Å². The number of pyridine rings is 1. The Hall–Kier alpha value is -1.80. The lowest BCUT2D eigenvalue weighted by Gasteiger charge is -2.04. The molecule has 2 heterocycles. The van der Waals surface area contributed by atoms with E-state index in [0.29, 0.717) is 10.2 Å². The summed E-state index contributed by atoms with van der Waals surface area (Å²) in [6.45, 7) is 0. The van der Waals surface area contributed by atoms with Crippen molar-refractivity contribution in [2.45, 2.75) is 0 Å². The maximum Gasteiger partial charge on any atom is 0.349 e. The highest BCUT2D eigenvalue weighted by Crippen LogP contribution is 2.29. The Morgan fingerprint density at radius 2 is 2.17 bits per heavy atom. The summed E-state index contributed by atoms with van der Waals surface area (Å²) in [6, 6.07) is 1.59. The second-order valence-corrected chi connectivity index (χ2v) is 4.28. The summed E-state index contributed by atoms with van der Waals surface area (Å²) >= 11 is 8.77. The fraction of sp³-hybridized carbons (Fsp3) is 0. The lowest BCUT2D eigenvalue weighted by molar-refractivity contribution is -0.386. The minimum atomic E-state index is -0.656. The van der Waals surface area contributed by atoms with E-state index < -0.39 is 4.92 Å². The van der Waals surface area contributed by atoms with Crippen LogP contribution >= 0.6 is 27.5 Å². The molecule has 2 rings (SSSR count). The van der Waals surface area contributed by atoms with Crippen molar-refractivity contribution >= 4 is 33.2 Å². The quantitative estimate of drug-likeness (QED) is 0.488. The molecule has 0 radical (unpaired) electrons. The van der Waals surface area contributed by atoms with Crippen LogP contribution in [0.1, 0.15) is 0 Å². The van der Waals surface area contributed by atoms with Gasteiger partial charge in [0.1, 0.15) is 11.9 Å². The van der Waals surface area contributed by atoms with Gasteiger partial charge < -0.3 is 4.74 Å². The van der Waals surface area contributed by atoms with E-state index in [0.717, 1.165) is 6.20 Å². The van der Waals surface area contributed by atoms with Crippen LogP contribution in [0.15, 0.2) is 29.1 Å². The number of hydrogen-bond donors (Lipinski definition) is 0. The van der Waals surface area contributed by atoms with Gasteiger partial charge in [0.05, 0.1) is 11.1 Å². The topological polar surface area (TPSA) is 91.0 Å². The molecule has 7 nitrogen and oxygen atoms in total. The Morgan fingerprint density at radius 1 is 1.39 bits per heavy atom. The molecule has 18 heavy (non-hydrogen) atoms. The van der Waals surface area contributed by atoms with E-state index in [1.807, 2.05) is 0 Å². The van der Waals surface area contributed by atoms with Gasteiger partial charge in [0.25, 0.3) is 0 Å². The van der Waals surface area contributed by atoms with Gasteiger partial charge in [0, 0.05) is 10.7 Å². The third-order valence-corrected chi connectivity index (χ3v) is 2.41. The van der Waals surface area contributed by atoms with Gasteiger partial charge in [-0.25, -0.2) is 4.98 Å². The van der Waals surface area contributed by atoms with Crippen LogP contribution in [0.2, 0.25) is 5.28 Å². The van der Waals surface area contributed by atoms with Crippen molar-refractivity contribution in [3.63, 3.8) is 0 Å². The number of rotatable bonds is 3. The molecule has 0 saturated heterocycles. The van der Waals surface area contributed by atoms with Crippen LogP contribution in [0.25, 0.3) is 0 Å². The number of nitrogens with zero attached hydrogens (tertiary/aromatic N) is 4. The van der Waals surface area contributed by atoms with E-state index >= 15 is 0 Å². The molecule has 0 amide bonds. The van der Waals surface area contributed by atoms with Crippen molar-refractivity contribution in [2.75, 3.05) is 0 Å². The second-order valence-electron chi connectivity index (χ2n) is 3.03. The van der Waals surface area contributed by atoms with Gasteiger partial charge in [0.2, 0.25) is 5.28 Å². The van der Waals surface area contributed by atoms with Gasteiger partial charge in [-0.05, 0) is 33.6 Å². The smallest absolute Gasteiger partial charge is 0.349 e. The van der Waals surface area contributed by atoms with Crippen molar-refractivity contribution < 1.29 is 9.66 Å². The van der Waals surface area contributed by atoms with Gasteiger partial charge in [-0.3, -0.25) is 15.1 Å². The normalized spacial score (nSPS) is 10.1. The van der Waals surface area contributed by atoms with Crippen LogP contribution < -0.4 is 4.74 Å². The Kier molecular flexibility index (Phi) is 3.68. The number of aromatic nitrogens is 3. The minimum Gasteiger partial charge on any atom is -0.432 e. The zero-order valence-electron chi connectivity index (χ0n) is 8.58. The maximum atomic E-state index is 10.8. The molecule has 0 saturated carbocycles. The highest BCUT2D eigenvalue weighted by molar-refractivity contribution is 9.10. The molecular weight excluding hydrogens is 327 g/mol. The molecule has 92 valence electrons. The van der Waals surface area contributed by atoms with Crippen molar-refractivity contribution in [1.29, 1.82) is 0 Å². The summed E-state index contributed by atoms with van der Waals surface area (Å²) in [5, 5.41) is 10.6. The van der Waals surface area contributed by atoms with E-state index in [9.17, 15) is 10.1 Å². The van der Waals surface area contributed by atoms with Gasteiger partial charge in [-0.15, -0.1) is 0 Å². The van der Waals surface area contributed by atoms with E-state index in [2.05, 4.69) is 30.9 Å². The Labute approximate surface area is 114 Å². The van der Waals surface area contributed by atoms with Crippen molar-refractivity contribution in [1.82, 2.24) is 15.0 Å². The first-order chi connectivity index (χ1) is 8.56. The molecule has 0 unspecified atom stereocenters. The van der Waals surface area contributed by atoms with Gasteiger partial charge >= 0.3 is 11.6 Å². The Morgan fingerprint density at radius 3 is 2.83 bits per heavy atom. The number of nitro groups is 1. The van der Waals surface area contributed by atoms with E-state index in [4.69, 9.17) is 16.3 Å². The summed E-state index contributed by atoms with van der Waals surface area (Å²) in [5.41, 5.74) is -0.376. The fourth-order valence-electron chi connectivity index (χ4n) is 1.10. The molecule has 0 atom stereocenters. The Balaban J connectivity index is 2.39. The first kappa shape index (κ1) is 12.7. The molecule has 0 fully saturated rings. The third-order valence-electron chi connectivity index (χ3n) is 1.80. The monoisotopic (exact) mass is 330 g/mol. The van der Waals surface area contributed by atoms with Gasteiger partial charge in [0.15, 0.2) is 0 Å². The summed E-state index contributed by atoms with van der Waals surface area (Å²) < 4.78 is 5.93. The SMILES string of the molecule is O=[N+]([O-])c1cnc(Cl)nc1Oc1cncc(Br)c1. The summed E-state index contributed by atoms with van der Waals surface area (Å²) in [6.07, 6.45) is 3.93. The van der Waals surface area contributed by atoms with Crippen LogP contribution in [-0.4, -0.2) is 19.9 Å². The highest BCUT2D eigenvalue weighted by atomic mass is 79.9. The summed E-state index contributed by atoms with van der Waals surface area (Å²) in [7, 11) is 0. The van der Waals surface area contributed by atoms with Crippen molar-refractivity contribution in [3.8, 4) is 11.6 Å². The molecule has 0 bridgehead atoms. The molecule has 0 aliphatic carbocycles. The minimum absolute atomic E-state index is 0.140. The van der Waals surface area contributed by atoms with Crippen LogP contribution in [0, 0.1) is 10.1 Å². The van der Waals surface area contributed by atoms with Gasteiger partial charge in [-0.1, -0.05) is 0 Å².